The Morgan fingerprint density at radius 3 is 2.69 bits per heavy atom. The molecule has 7 rings (SSSR count). The van der Waals surface area contributed by atoms with Gasteiger partial charge in [0.25, 0.3) is 0 Å². The lowest BCUT2D eigenvalue weighted by Crippen LogP contribution is -2.30. The largest absolute Gasteiger partial charge is 0.356 e. The second-order valence-corrected chi connectivity index (χ2v) is 9.74. The molecule has 0 spiro atoms. The van der Waals surface area contributed by atoms with Gasteiger partial charge in [-0.25, -0.2) is 9.97 Å². The molecule has 1 aliphatic heterocycles. The first-order valence-electron chi connectivity index (χ1n) is 12.6. The number of anilines is 2. The SMILES string of the molecule is O=C(Nc1cncc(-c2cnc3[nH]nc(-c4cc5c(N6CCCCC6)nccc5[nH]4)c3c2)c1)C1CC1. The van der Waals surface area contributed by atoms with Gasteiger partial charge >= 0.3 is 0 Å². The van der Waals surface area contributed by atoms with Gasteiger partial charge in [0.05, 0.1) is 23.1 Å². The molecule has 5 aromatic rings. The second-order valence-electron chi connectivity index (χ2n) is 9.74. The van der Waals surface area contributed by atoms with Crippen LogP contribution in [0.15, 0.2) is 49.1 Å². The van der Waals surface area contributed by atoms with Gasteiger partial charge in [-0.2, -0.15) is 5.10 Å². The van der Waals surface area contributed by atoms with E-state index in [1.54, 1.807) is 18.6 Å². The Morgan fingerprint density at radius 1 is 0.972 bits per heavy atom. The third-order valence-electron chi connectivity index (χ3n) is 7.14. The fourth-order valence-corrected chi connectivity index (χ4v) is 5.05. The lowest BCUT2D eigenvalue weighted by Gasteiger charge is -2.28. The molecule has 1 aliphatic carbocycles. The molecule has 0 radical (unpaired) electrons. The predicted octanol–water partition coefficient (Wildman–Crippen LogP) is 4.90. The molecule has 0 atom stereocenters. The molecule has 9 heteroatoms. The molecule has 180 valence electrons. The Bertz CT molecular complexity index is 1590. The van der Waals surface area contributed by atoms with Gasteiger partial charge in [-0.15, -0.1) is 0 Å². The third-order valence-corrected chi connectivity index (χ3v) is 7.14. The van der Waals surface area contributed by atoms with E-state index in [4.69, 9.17) is 4.98 Å². The zero-order valence-corrected chi connectivity index (χ0v) is 19.8. The van der Waals surface area contributed by atoms with Crippen LogP contribution in [0.3, 0.4) is 0 Å². The van der Waals surface area contributed by atoms with Crippen LogP contribution in [0.1, 0.15) is 32.1 Å². The van der Waals surface area contributed by atoms with Crippen molar-refractivity contribution >= 4 is 39.3 Å². The van der Waals surface area contributed by atoms with E-state index >= 15 is 0 Å². The lowest BCUT2D eigenvalue weighted by atomic mass is 10.1. The summed E-state index contributed by atoms with van der Waals surface area (Å²) in [5, 5.41) is 12.7. The second kappa shape index (κ2) is 8.44. The number of fused-ring (bicyclic) bond motifs is 2. The zero-order valence-electron chi connectivity index (χ0n) is 19.8. The van der Waals surface area contributed by atoms with E-state index < -0.39 is 0 Å². The molecule has 1 saturated heterocycles. The van der Waals surface area contributed by atoms with Gasteiger partial charge in [0.2, 0.25) is 5.91 Å². The molecule has 0 aromatic carbocycles. The van der Waals surface area contributed by atoms with E-state index in [0.29, 0.717) is 11.3 Å². The Hall–Kier alpha value is -4.27. The molecular formula is C27H26N8O. The zero-order chi connectivity index (χ0) is 24.1. The topological polar surface area (TPSA) is 115 Å². The summed E-state index contributed by atoms with van der Waals surface area (Å²) in [4.78, 5) is 31.8. The number of H-pyrrole nitrogens is 2. The van der Waals surface area contributed by atoms with E-state index in [9.17, 15) is 4.79 Å². The minimum absolute atomic E-state index is 0.0665. The van der Waals surface area contributed by atoms with Gasteiger partial charge in [-0.05, 0) is 56.4 Å². The number of amides is 1. The van der Waals surface area contributed by atoms with E-state index in [1.807, 2.05) is 18.3 Å². The summed E-state index contributed by atoms with van der Waals surface area (Å²) >= 11 is 0. The standard InChI is InChI=1S/C27H26N8O/c36-27(16-4-5-16)31-19-10-17(13-28-15-19)18-11-21-24(33-34-25(21)30-14-18)23-12-20-22(32-23)6-7-29-26(20)35-8-2-1-3-9-35/h6-7,10-16,32H,1-5,8-9H2,(H,31,36)(H,30,33,34). The number of nitrogens with one attached hydrogen (secondary N) is 3. The summed E-state index contributed by atoms with van der Waals surface area (Å²) in [5.74, 6) is 1.24. The van der Waals surface area contributed by atoms with Crippen LogP contribution in [0.2, 0.25) is 0 Å². The van der Waals surface area contributed by atoms with E-state index in [-0.39, 0.29) is 11.8 Å². The smallest absolute Gasteiger partial charge is 0.227 e. The van der Waals surface area contributed by atoms with E-state index in [0.717, 1.165) is 70.6 Å². The molecular weight excluding hydrogens is 452 g/mol. The Kier molecular flexibility index (Phi) is 4.93. The van der Waals surface area contributed by atoms with Gasteiger partial charge in [0, 0.05) is 59.5 Å². The fourth-order valence-electron chi connectivity index (χ4n) is 5.05. The van der Waals surface area contributed by atoms with Gasteiger partial charge in [-0.1, -0.05) is 0 Å². The highest BCUT2D eigenvalue weighted by molar-refractivity contribution is 5.99. The Labute approximate surface area is 207 Å². The number of carbonyl (C=O) groups is 1. The molecule has 1 saturated carbocycles. The van der Waals surface area contributed by atoms with E-state index in [1.165, 1.54) is 19.3 Å². The van der Waals surface area contributed by atoms with Crippen LogP contribution in [-0.2, 0) is 4.79 Å². The summed E-state index contributed by atoms with van der Waals surface area (Å²) in [7, 11) is 0. The average Bonchev–Trinajstić information content (AvgIpc) is 3.55. The average molecular weight is 479 g/mol. The van der Waals surface area contributed by atoms with Crippen LogP contribution < -0.4 is 10.2 Å². The van der Waals surface area contributed by atoms with Crippen LogP contribution in [0.4, 0.5) is 11.5 Å². The molecule has 9 nitrogen and oxygen atoms in total. The minimum atomic E-state index is 0.0665. The first-order chi connectivity index (χ1) is 17.7. The van der Waals surface area contributed by atoms with Crippen LogP contribution in [0.25, 0.3) is 44.5 Å². The highest BCUT2D eigenvalue weighted by atomic mass is 16.2. The van der Waals surface area contributed by atoms with Crippen molar-refractivity contribution in [1.82, 2.24) is 30.1 Å². The number of rotatable bonds is 5. The van der Waals surface area contributed by atoms with Crippen molar-refractivity contribution in [2.24, 2.45) is 5.92 Å². The molecule has 2 aliphatic rings. The maximum atomic E-state index is 12.2. The predicted molar refractivity (Wildman–Crippen MR) is 140 cm³/mol. The van der Waals surface area contributed by atoms with Crippen molar-refractivity contribution in [1.29, 1.82) is 0 Å². The molecule has 36 heavy (non-hydrogen) atoms. The van der Waals surface area contributed by atoms with Crippen molar-refractivity contribution in [3.8, 4) is 22.5 Å². The molecule has 3 N–H and O–H groups in total. The summed E-state index contributed by atoms with van der Waals surface area (Å²) < 4.78 is 0. The van der Waals surface area contributed by atoms with Gasteiger partial charge in [0.1, 0.15) is 11.5 Å². The van der Waals surface area contributed by atoms with Gasteiger partial charge in [0.15, 0.2) is 5.65 Å². The van der Waals surface area contributed by atoms with Crippen LogP contribution in [-0.4, -0.2) is 49.1 Å². The summed E-state index contributed by atoms with van der Waals surface area (Å²) in [6.07, 6.45) is 12.8. The first-order valence-corrected chi connectivity index (χ1v) is 12.6. The molecule has 0 bridgehead atoms. The summed E-state index contributed by atoms with van der Waals surface area (Å²) in [5.41, 5.74) is 5.99. The molecule has 1 amide bonds. The molecule has 5 aromatic heterocycles. The number of piperidine rings is 1. The number of aromatic amines is 2. The fraction of sp³-hybridized carbons (Fsp3) is 0.296. The number of carbonyl (C=O) groups excluding carboxylic acids is 1. The first kappa shape index (κ1) is 21.0. The maximum Gasteiger partial charge on any atom is 0.227 e. The highest BCUT2D eigenvalue weighted by Crippen LogP contribution is 2.34. The highest BCUT2D eigenvalue weighted by Gasteiger charge is 2.29. The molecule has 6 heterocycles. The van der Waals surface area contributed by atoms with Crippen molar-refractivity contribution < 1.29 is 4.79 Å². The minimum Gasteiger partial charge on any atom is -0.356 e. The van der Waals surface area contributed by atoms with E-state index in [2.05, 4.69) is 47.5 Å². The van der Waals surface area contributed by atoms with Crippen LogP contribution >= 0.6 is 0 Å². The number of pyridine rings is 3. The number of hydrogen-bond donors (Lipinski definition) is 3. The molecule has 2 fully saturated rings. The van der Waals surface area contributed by atoms with Crippen molar-refractivity contribution in [3.05, 3.63) is 49.1 Å². The number of nitrogens with zero attached hydrogens (tertiary/aromatic N) is 5. The summed E-state index contributed by atoms with van der Waals surface area (Å²) in [6, 6.07) is 8.16. The third kappa shape index (κ3) is 3.77. The number of hydrogen-bond acceptors (Lipinski definition) is 6. The van der Waals surface area contributed by atoms with Crippen molar-refractivity contribution in [2.45, 2.75) is 32.1 Å². The Balaban J connectivity index is 1.25. The number of aromatic nitrogens is 6. The van der Waals surface area contributed by atoms with Crippen molar-refractivity contribution in [2.75, 3.05) is 23.3 Å². The normalized spacial score (nSPS) is 16.1. The van der Waals surface area contributed by atoms with Crippen LogP contribution in [0, 0.1) is 5.92 Å². The van der Waals surface area contributed by atoms with Crippen LogP contribution in [0.5, 0.6) is 0 Å². The van der Waals surface area contributed by atoms with Crippen molar-refractivity contribution in [3.63, 3.8) is 0 Å². The summed E-state index contributed by atoms with van der Waals surface area (Å²) in [6.45, 7) is 2.08. The van der Waals surface area contributed by atoms with Gasteiger partial charge < -0.3 is 15.2 Å². The lowest BCUT2D eigenvalue weighted by molar-refractivity contribution is -0.117. The Morgan fingerprint density at radius 2 is 1.83 bits per heavy atom. The quantitative estimate of drug-likeness (QED) is 0.331. The monoisotopic (exact) mass is 478 g/mol. The van der Waals surface area contributed by atoms with Gasteiger partial charge in [-0.3, -0.25) is 14.9 Å². The maximum absolute atomic E-state index is 12.2. The molecule has 0 unspecified atom stereocenters.